The fraction of sp³-hybridized carbons (Fsp3) is 0.462. The van der Waals surface area contributed by atoms with Gasteiger partial charge in [0.1, 0.15) is 5.75 Å². The number of ether oxygens (including phenoxy) is 1. The fourth-order valence-electron chi connectivity index (χ4n) is 1.47. The van der Waals surface area contributed by atoms with Crippen molar-refractivity contribution in [3.05, 3.63) is 29.8 Å². The maximum atomic E-state index is 8.65. The van der Waals surface area contributed by atoms with E-state index in [1.54, 1.807) is 12.1 Å². The van der Waals surface area contributed by atoms with E-state index in [1.807, 2.05) is 12.1 Å². The molecule has 0 aliphatic heterocycles. The van der Waals surface area contributed by atoms with E-state index in [9.17, 15) is 0 Å². The van der Waals surface area contributed by atoms with Crippen molar-refractivity contribution in [1.82, 2.24) is 0 Å². The normalized spacial score (nSPS) is 11.8. The Labute approximate surface area is 91.5 Å². The molecule has 2 nitrogen and oxygen atoms in total. The van der Waals surface area contributed by atoms with Crippen molar-refractivity contribution in [2.24, 2.45) is 0 Å². The molecule has 0 aliphatic carbocycles. The highest BCUT2D eigenvalue weighted by Crippen LogP contribution is 2.16. The summed E-state index contributed by atoms with van der Waals surface area (Å²) in [4.78, 5) is 0. The molecule has 1 aromatic carbocycles. The first-order valence-corrected chi connectivity index (χ1v) is 5.47. The zero-order valence-electron chi connectivity index (χ0n) is 9.36. The van der Waals surface area contributed by atoms with Crippen LogP contribution in [-0.2, 0) is 0 Å². The van der Waals surface area contributed by atoms with Gasteiger partial charge in [0.2, 0.25) is 0 Å². The van der Waals surface area contributed by atoms with Crippen molar-refractivity contribution >= 4 is 0 Å². The summed E-state index contributed by atoms with van der Waals surface area (Å²) in [7, 11) is 0. The molecule has 1 aromatic rings. The van der Waals surface area contributed by atoms with Crippen molar-refractivity contribution < 1.29 is 4.74 Å². The second-order valence-electron chi connectivity index (χ2n) is 3.57. The van der Waals surface area contributed by atoms with Crippen LogP contribution in [0, 0.1) is 11.3 Å². The maximum absolute atomic E-state index is 8.65. The molecule has 0 aliphatic rings. The van der Waals surface area contributed by atoms with Crippen LogP contribution in [0.1, 0.15) is 38.7 Å². The van der Waals surface area contributed by atoms with Crippen LogP contribution in [0.3, 0.4) is 0 Å². The topological polar surface area (TPSA) is 33.0 Å². The van der Waals surface area contributed by atoms with Crippen LogP contribution in [0.5, 0.6) is 5.75 Å². The highest BCUT2D eigenvalue weighted by molar-refractivity contribution is 5.34. The molecular formula is C13H17NO. The third kappa shape index (κ3) is 3.63. The highest BCUT2D eigenvalue weighted by Gasteiger charge is 2.06. The predicted molar refractivity (Wildman–Crippen MR) is 60.8 cm³/mol. The summed E-state index contributed by atoms with van der Waals surface area (Å²) in [5.41, 5.74) is 0.672. The van der Waals surface area contributed by atoms with Crippen LogP contribution in [0.15, 0.2) is 24.3 Å². The molecule has 0 N–H and O–H groups in total. The van der Waals surface area contributed by atoms with Gasteiger partial charge in [-0.05, 0) is 37.1 Å². The van der Waals surface area contributed by atoms with E-state index in [-0.39, 0.29) is 0 Å². The smallest absolute Gasteiger partial charge is 0.119 e. The number of benzene rings is 1. The summed E-state index contributed by atoms with van der Waals surface area (Å²) < 4.78 is 5.79. The average molecular weight is 203 g/mol. The van der Waals surface area contributed by atoms with E-state index in [0.29, 0.717) is 11.7 Å². The van der Waals surface area contributed by atoms with E-state index in [1.165, 1.54) is 0 Å². The zero-order valence-corrected chi connectivity index (χ0v) is 9.36. The van der Waals surface area contributed by atoms with Gasteiger partial charge in [0.25, 0.3) is 0 Å². The van der Waals surface area contributed by atoms with Gasteiger partial charge >= 0.3 is 0 Å². The Kier molecular flexibility index (Phi) is 4.70. The van der Waals surface area contributed by atoms with Crippen molar-refractivity contribution in [3.8, 4) is 11.8 Å². The second-order valence-corrected chi connectivity index (χ2v) is 3.57. The van der Waals surface area contributed by atoms with Gasteiger partial charge in [-0.1, -0.05) is 20.3 Å². The third-order valence-corrected chi connectivity index (χ3v) is 2.35. The summed E-state index contributed by atoms with van der Waals surface area (Å²) in [6, 6.07) is 9.38. The second kappa shape index (κ2) is 6.08. The van der Waals surface area contributed by atoms with E-state index in [0.717, 1.165) is 25.0 Å². The van der Waals surface area contributed by atoms with Crippen LogP contribution in [0.25, 0.3) is 0 Å². The molecule has 0 heterocycles. The minimum atomic E-state index is 0.294. The first-order chi connectivity index (χ1) is 7.30. The Balaban J connectivity index is 2.59. The predicted octanol–water partition coefficient (Wildman–Crippen LogP) is 3.52. The Bertz CT molecular complexity index is 323. The lowest BCUT2D eigenvalue weighted by Crippen LogP contribution is -2.14. The Morgan fingerprint density at radius 1 is 1.27 bits per heavy atom. The molecule has 0 amide bonds. The number of nitriles is 1. The van der Waals surface area contributed by atoms with Crippen molar-refractivity contribution in [1.29, 1.82) is 5.26 Å². The molecule has 1 unspecified atom stereocenters. The molecule has 0 saturated heterocycles. The average Bonchev–Trinajstić information content (AvgIpc) is 2.29. The molecule has 2 heteroatoms. The van der Waals surface area contributed by atoms with Crippen LogP contribution >= 0.6 is 0 Å². The summed E-state index contributed by atoms with van der Waals surface area (Å²) in [6.07, 6.45) is 3.53. The minimum absolute atomic E-state index is 0.294. The molecule has 0 bridgehead atoms. The molecule has 1 atom stereocenters. The van der Waals surface area contributed by atoms with E-state index in [4.69, 9.17) is 10.00 Å². The van der Waals surface area contributed by atoms with Gasteiger partial charge < -0.3 is 4.74 Å². The van der Waals surface area contributed by atoms with Gasteiger partial charge in [-0.15, -0.1) is 0 Å². The number of hydrogen-bond donors (Lipinski definition) is 0. The standard InChI is InChI=1S/C13H17NO/c1-3-5-12(4-2)15-13-8-6-11(10-14)7-9-13/h6-9,12H,3-5H2,1-2H3. The lowest BCUT2D eigenvalue weighted by atomic mass is 10.1. The number of nitrogens with zero attached hydrogens (tertiary/aromatic N) is 1. The first-order valence-electron chi connectivity index (χ1n) is 5.47. The van der Waals surface area contributed by atoms with Crippen LogP contribution < -0.4 is 4.74 Å². The van der Waals surface area contributed by atoms with Gasteiger partial charge in [0.15, 0.2) is 0 Å². The maximum Gasteiger partial charge on any atom is 0.119 e. The van der Waals surface area contributed by atoms with Gasteiger partial charge in [0, 0.05) is 0 Å². The molecule has 0 fully saturated rings. The fourth-order valence-corrected chi connectivity index (χ4v) is 1.47. The van der Waals surface area contributed by atoms with Crippen LogP contribution in [-0.4, -0.2) is 6.10 Å². The van der Waals surface area contributed by atoms with Crippen molar-refractivity contribution in [2.45, 2.75) is 39.2 Å². The minimum Gasteiger partial charge on any atom is -0.490 e. The van der Waals surface area contributed by atoms with E-state index in [2.05, 4.69) is 19.9 Å². The summed E-state index contributed by atoms with van der Waals surface area (Å²) in [5.74, 6) is 0.856. The summed E-state index contributed by atoms with van der Waals surface area (Å²) in [6.45, 7) is 4.29. The summed E-state index contributed by atoms with van der Waals surface area (Å²) >= 11 is 0. The van der Waals surface area contributed by atoms with Crippen LogP contribution in [0.2, 0.25) is 0 Å². The number of rotatable bonds is 5. The van der Waals surface area contributed by atoms with Gasteiger partial charge in [0.05, 0.1) is 17.7 Å². The molecular weight excluding hydrogens is 186 g/mol. The highest BCUT2D eigenvalue weighted by atomic mass is 16.5. The monoisotopic (exact) mass is 203 g/mol. The third-order valence-electron chi connectivity index (χ3n) is 2.35. The van der Waals surface area contributed by atoms with Gasteiger partial charge in [-0.3, -0.25) is 0 Å². The van der Waals surface area contributed by atoms with Crippen molar-refractivity contribution in [3.63, 3.8) is 0 Å². The molecule has 80 valence electrons. The van der Waals surface area contributed by atoms with Gasteiger partial charge in [-0.2, -0.15) is 5.26 Å². The van der Waals surface area contributed by atoms with Crippen LogP contribution in [0.4, 0.5) is 0 Å². The Morgan fingerprint density at radius 2 is 1.93 bits per heavy atom. The molecule has 0 radical (unpaired) electrons. The van der Waals surface area contributed by atoms with Crippen molar-refractivity contribution in [2.75, 3.05) is 0 Å². The molecule has 15 heavy (non-hydrogen) atoms. The van der Waals surface area contributed by atoms with E-state index < -0.39 is 0 Å². The lowest BCUT2D eigenvalue weighted by molar-refractivity contribution is 0.186. The number of hydrogen-bond acceptors (Lipinski definition) is 2. The Morgan fingerprint density at radius 3 is 2.40 bits per heavy atom. The largest absolute Gasteiger partial charge is 0.490 e. The SMILES string of the molecule is CCCC(CC)Oc1ccc(C#N)cc1. The molecule has 0 saturated carbocycles. The molecule has 1 rings (SSSR count). The Hall–Kier alpha value is -1.49. The molecule has 0 aromatic heterocycles. The lowest BCUT2D eigenvalue weighted by Gasteiger charge is -2.16. The first kappa shape index (κ1) is 11.6. The zero-order chi connectivity index (χ0) is 11.1. The quantitative estimate of drug-likeness (QED) is 0.733. The molecule has 0 spiro atoms. The van der Waals surface area contributed by atoms with Gasteiger partial charge in [-0.25, -0.2) is 0 Å². The summed E-state index contributed by atoms with van der Waals surface area (Å²) in [5, 5.41) is 8.65. The van der Waals surface area contributed by atoms with E-state index >= 15 is 0 Å².